The van der Waals surface area contributed by atoms with Gasteiger partial charge in [-0.3, -0.25) is 0 Å². The molecule has 0 radical (unpaired) electrons. The molecule has 0 aliphatic carbocycles. The second kappa shape index (κ2) is 4.06. The van der Waals surface area contributed by atoms with Gasteiger partial charge in [-0.1, -0.05) is 6.07 Å². The van der Waals surface area contributed by atoms with E-state index in [9.17, 15) is 12.8 Å². The van der Waals surface area contributed by atoms with Crippen molar-refractivity contribution in [1.82, 2.24) is 0 Å². The molecule has 5 heteroatoms. The van der Waals surface area contributed by atoms with Gasteiger partial charge in [-0.15, -0.1) is 0 Å². The van der Waals surface area contributed by atoms with Crippen LogP contribution in [0, 0.1) is 5.82 Å². The van der Waals surface area contributed by atoms with E-state index in [1.807, 2.05) is 0 Å². The van der Waals surface area contributed by atoms with Crippen molar-refractivity contribution in [1.29, 1.82) is 0 Å². The number of hydrogen-bond donors (Lipinski definition) is 1. The predicted octanol–water partition coefficient (Wildman–Crippen LogP) is 0.829. The highest BCUT2D eigenvalue weighted by Crippen LogP contribution is 2.13. The number of benzene rings is 1. The second-order valence-electron chi connectivity index (χ2n) is 3.19. The first-order chi connectivity index (χ1) is 6.42. The van der Waals surface area contributed by atoms with Crippen LogP contribution < -0.4 is 5.73 Å². The van der Waals surface area contributed by atoms with E-state index in [-0.39, 0.29) is 12.3 Å². The lowest BCUT2D eigenvalue weighted by Crippen LogP contribution is -2.07. The van der Waals surface area contributed by atoms with Gasteiger partial charge in [-0.25, -0.2) is 12.8 Å². The summed E-state index contributed by atoms with van der Waals surface area (Å²) >= 11 is 0. The average Bonchev–Trinajstić information content (AvgIpc) is 2.01. The van der Waals surface area contributed by atoms with Gasteiger partial charge >= 0.3 is 0 Å². The van der Waals surface area contributed by atoms with E-state index in [4.69, 9.17) is 5.73 Å². The van der Waals surface area contributed by atoms with Crippen LogP contribution in [0.5, 0.6) is 0 Å². The largest absolute Gasteiger partial charge is 0.326 e. The molecule has 0 aliphatic heterocycles. The predicted molar refractivity (Wildman–Crippen MR) is 52.8 cm³/mol. The molecule has 0 saturated heterocycles. The van der Waals surface area contributed by atoms with Gasteiger partial charge in [0.2, 0.25) is 0 Å². The third-order valence-electron chi connectivity index (χ3n) is 1.81. The van der Waals surface area contributed by atoms with Gasteiger partial charge in [-0.05, 0) is 23.3 Å². The summed E-state index contributed by atoms with van der Waals surface area (Å²) in [5, 5.41) is 0. The van der Waals surface area contributed by atoms with Gasteiger partial charge in [0.1, 0.15) is 5.82 Å². The third-order valence-corrected chi connectivity index (χ3v) is 2.64. The molecule has 0 atom stereocenters. The average molecular weight is 217 g/mol. The van der Waals surface area contributed by atoms with E-state index < -0.39 is 15.7 Å². The van der Waals surface area contributed by atoms with Crippen molar-refractivity contribution in [3.8, 4) is 0 Å². The fourth-order valence-electron chi connectivity index (χ4n) is 1.21. The van der Waals surface area contributed by atoms with Crippen LogP contribution in [0.4, 0.5) is 4.39 Å². The molecule has 0 bridgehead atoms. The monoisotopic (exact) mass is 217 g/mol. The van der Waals surface area contributed by atoms with E-state index in [1.54, 1.807) is 0 Å². The summed E-state index contributed by atoms with van der Waals surface area (Å²) in [6.07, 6.45) is 1.11. The third kappa shape index (κ3) is 3.08. The molecule has 0 spiro atoms. The molecule has 0 unspecified atom stereocenters. The van der Waals surface area contributed by atoms with Crippen molar-refractivity contribution in [2.75, 3.05) is 6.26 Å². The minimum Gasteiger partial charge on any atom is -0.326 e. The normalized spacial score (nSPS) is 11.6. The Morgan fingerprint density at radius 2 is 2.00 bits per heavy atom. The maximum absolute atomic E-state index is 12.8. The highest BCUT2D eigenvalue weighted by Gasteiger charge is 2.09. The first-order valence-corrected chi connectivity index (χ1v) is 6.13. The first kappa shape index (κ1) is 11.1. The number of sulfone groups is 1. The van der Waals surface area contributed by atoms with E-state index in [0.29, 0.717) is 11.1 Å². The topological polar surface area (TPSA) is 60.2 Å². The number of rotatable bonds is 3. The van der Waals surface area contributed by atoms with Gasteiger partial charge in [-0.2, -0.15) is 0 Å². The van der Waals surface area contributed by atoms with Crippen molar-refractivity contribution in [3.05, 3.63) is 35.1 Å². The van der Waals surface area contributed by atoms with E-state index in [2.05, 4.69) is 0 Å². The molecule has 1 rings (SSSR count). The zero-order chi connectivity index (χ0) is 10.8. The Labute approximate surface area is 82.7 Å². The highest BCUT2D eigenvalue weighted by atomic mass is 32.2. The zero-order valence-corrected chi connectivity index (χ0v) is 8.64. The lowest BCUT2D eigenvalue weighted by atomic mass is 10.1. The fourth-order valence-corrected chi connectivity index (χ4v) is 2.04. The van der Waals surface area contributed by atoms with Gasteiger partial charge in [0.25, 0.3) is 0 Å². The van der Waals surface area contributed by atoms with Crippen LogP contribution in [-0.2, 0) is 22.1 Å². The Balaban J connectivity index is 3.11. The Hall–Kier alpha value is -0.940. The highest BCUT2D eigenvalue weighted by molar-refractivity contribution is 7.89. The fraction of sp³-hybridized carbons (Fsp3) is 0.333. The maximum atomic E-state index is 12.8. The second-order valence-corrected chi connectivity index (χ2v) is 5.33. The molecule has 3 nitrogen and oxygen atoms in total. The summed E-state index contributed by atoms with van der Waals surface area (Å²) in [6, 6.07) is 3.99. The molecule has 0 amide bonds. The quantitative estimate of drug-likeness (QED) is 0.815. The van der Waals surface area contributed by atoms with Crippen LogP contribution >= 0.6 is 0 Å². The maximum Gasteiger partial charge on any atom is 0.151 e. The van der Waals surface area contributed by atoms with Crippen LogP contribution in [0.2, 0.25) is 0 Å². The summed E-state index contributed by atoms with van der Waals surface area (Å²) in [5.41, 5.74) is 6.51. The SMILES string of the molecule is CS(=O)(=O)Cc1cc(F)ccc1CN. The van der Waals surface area contributed by atoms with Crippen molar-refractivity contribution in [2.24, 2.45) is 5.73 Å². The smallest absolute Gasteiger partial charge is 0.151 e. The van der Waals surface area contributed by atoms with Gasteiger partial charge in [0.15, 0.2) is 9.84 Å². The van der Waals surface area contributed by atoms with Gasteiger partial charge in [0, 0.05) is 12.8 Å². The molecule has 0 heterocycles. The molecule has 1 aromatic rings. The summed E-state index contributed by atoms with van der Waals surface area (Å²) in [5.74, 6) is -0.613. The molecular weight excluding hydrogens is 205 g/mol. The molecule has 78 valence electrons. The molecule has 0 fully saturated rings. The first-order valence-electron chi connectivity index (χ1n) is 4.07. The van der Waals surface area contributed by atoms with Crippen LogP contribution in [-0.4, -0.2) is 14.7 Å². The summed E-state index contributed by atoms with van der Waals surface area (Å²) in [6.45, 7) is 0.213. The Bertz CT molecular complexity index is 428. The summed E-state index contributed by atoms with van der Waals surface area (Å²) < 4.78 is 34.9. The van der Waals surface area contributed by atoms with Crippen molar-refractivity contribution >= 4 is 9.84 Å². The van der Waals surface area contributed by atoms with Crippen LogP contribution in [0.1, 0.15) is 11.1 Å². The van der Waals surface area contributed by atoms with Crippen LogP contribution in [0.15, 0.2) is 18.2 Å². The van der Waals surface area contributed by atoms with E-state index in [1.165, 1.54) is 18.2 Å². The minimum atomic E-state index is -3.15. The van der Waals surface area contributed by atoms with Gasteiger partial charge in [0.05, 0.1) is 5.75 Å². The molecule has 2 N–H and O–H groups in total. The minimum absolute atomic E-state index is 0.169. The number of hydrogen-bond acceptors (Lipinski definition) is 3. The van der Waals surface area contributed by atoms with E-state index >= 15 is 0 Å². The molecule has 0 saturated carbocycles. The molecule has 0 aromatic heterocycles. The Morgan fingerprint density at radius 3 is 2.50 bits per heavy atom. The Morgan fingerprint density at radius 1 is 1.36 bits per heavy atom. The van der Waals surface area contributed by atoms with Crippen molar-refractivity contribution in [3.63, 3.8) is 0 Å². The molecule has 0 aliphatic rings. The standard InChI is InChI=1S/C9H12FNO2S/c1-14(12,13)6-8-4-9(10)3-2-7(8)5-11/h2-4H,5-6,11H2,1H3. The number of nitrogens with two attached hydrogens (primary N) is 1. The number of halogens is 1. The van der Waals surface area contributed by atoms with Crippen LogP contribution in [0.25, 0.3) is 0 Å². The zero-order valence-electron chi connectivity index (χ0n) is 7.83. The summed E-state index contributed by atoms with van der Waals surface area (Å²) in [7, 11) is -3.15. The van der Waals surface area contributed by atoms with Crippen molar-refractivity contribution < 1.29 is 12.8 Å². The lowest BCUT2D eigenvalue weighted by Gasteiger charge is -2.06. The molecular formula is C9H12FNO2S. The Kier molecular flexibility index (Phi) is 3.23. The molecule has 14 heavy (non-hydrogen) atoms. The van der Waals surface area contributed by atoms with E-state index in [0.717, 1.165) is 6.26 Å². The summed E-state index contributed by atoms with van der Waals surface area (Å²) in [4.78, 5) is 0. The van der Waals surface area contributed by atoms with Crippen molar-refractivity contribution in [2.45, 2.75) is 12.3 Å². The van der Waals surface area contributed by atoms with Crippen LogP contribution in [0.3, 0.4) is 0 Å². The van der Waals surface area contributed by atoms with Gasteiger partial charge < -0.3 is 5.73 Å². The lowest BCUT2D eigenvalue weighted by molar-refractivity contribution is 0.600. The molecule has 1 aromatic carbocycles.